The first kappa shape index (κ1) is 23.3. The van der Waals surface area contributed by atoms with E-state index in [1.165, 1.54) is 11.3 Å². The molecule has 4 aliphatic rings. The van der Waals surface area contributed by atoms with Gasteiger partial charge in [-0.25, -0.2) is 4.79 Å². The minimum absolute atomic E-state index is 0.0266. The Kier molecular flexibility index (Phi) is 5.47. The second-order valence-corrected chi connectivity index (χ2v) is 13.2. The highest BCUT2D eigenvalue weighted by atomic mass is 35.5. The van der Waals surface area contributed by atoms with Crippen LogP contribution in [0.4, 0.5) is 0 Å². The van der Waals surface area contributed by atoms with Crippen LogP contribution < -0.4 is 4.87 Å². The molecule has 2 saturated carbocycles. The Morgan fingerprint density at radius 3 is 2.43 bits per heavy atom. The Labute approximate surface area is 215 Å². The van der Waals surface area contributed by atoms with Gasteiger partial charge in [-0.3, -0.25) is 19.3 Å². The van der Waals surface area contributed by atoms with Crippen molar-refractivity contribution in [2.75, 3.05) is 0 Å². The molecule has 3 fully saturated rings. The molecule has 7 nitrogen and oxygen atoms in total. The number of fused-ring (bicyclic) bond motifs is 9. The largest absolute Gasteiger partial charge is 0.480 e. The summed E-state index contributed by atoms with van der Waals surface area (Å²) in [6, 6.07) is 6.52. The Hall–Kier alpha value is -2.10. The molecule has 1 aromatic heterocycles. The van der Waals surface area contributed by atoms with Crippen molar-refractivity contribution in [1.29, 1.82) is 0 Å². The topological polar surface area (TPSA) is 108 Å². The van der Waals surface area contributed by atoms with E-state index in [0.29, 0.717) is 5.02 Å². The smallest absolute Gasteiger partial charge is 0.326 e. The fourth-order valence-electron chi connectivity index (χ4n) is 7.15. The van der Waals surface area contributed by atoms with Crippen LogP contribution in [0.5, 0.6) is 0 Å². The van der Waals surface area contributed by atoms with Gasteiger partial charge in [0, 0.05) is 21.1 Å². The molecule has 1 aromatic carbocycles. The van der Waals surface area contributed by atoms with Crippen LogP contribution in [0.15, 0.2) is 34.1 Å². The molecule has 10 heteroatoms. The second kappa shape index (κ2) is 8.21. The van der Waals surface area contributed by atoms with Gasteiger partial charge in [0.25, 0.3) is 0 Å². The molecule has 0 unspecified atom stereocenters. The van der Waals surface area contributed by atoms with Crippen LogP contribution in [-0.4, -0.2) is 44.1 Å². The number of hydrogen-bond donors (Lipinski definition) is 2. The van der Waals surface area contributed by atoms with E-state index in [1.54, 1.807) is 11.8 Å². The number of nitrogens with one attached hydrogen (secondary N) is 1. The van der Waals surface area contributed by atoms with Crippen LogP contribution in [0, 0.1) is 35.5 Å². The summed E-state index contributed by atoms with van der Waals surface area (Å²) in [6.45, 7) is 3.79. The zero-order chi connectivity index (χ0) is 24.8. The van der Waals surface area contributed by atoms with Crippen LogP contribution in [-0.2, 0) is 14.4 Å². The van der Waals surface area contributed by atoms with E-state index in [2.05, 4.69) is 4.98 Å². The first-order valence-corrected chi connectivity index (χ1v) is 14.0. The molecule has 8 atom stereocenters. The summed E-state index contributed by atoms with van der Waals surface area (Å²) < 4.78 is 0. The number of aromatic nitrogens is 1. The van der Waals surface area contributed by atoms with Crippen molar-refractivity contribution in [3.8, 4) is 0 Å². The van der Waals surface area contributed by atoms with Crippen LogP contribution in [0.2, 0.25) is 5.02 Å². The van der Waals surface area contributed by atoms with Gasteiger partial charge >= 0.3 is 10.8 Å². The van der Waals surface area contributed by atoms with Crippen molar-refractivity contribution >= 4 is 52.5 Å². The maximum atomic E-state index is 13.7. The highest BCUT2D eigenvalue weighted by molar-refractivity contribution is 8.00. The number of carbonyl (C=O) groups is 3. The third kappa shape index (κ3) is 3.38. The van der Waals surface area contributed by atoms with Crippen molar-refractivity contribution in [2.24, 2.45) is 35.5 Å². The number of thioether (sulfide) groups is 1. The molecular weight excluding hydrogens is 508 g/mol. The van der Waals surface area contributed by atoms with E-state index in [0.717, 1.165) is 26.8 Å². The van der Waals surface area contributed by atoms with E-state index in [-0.39, 0.29) is 57.9 Å². The van der Waals surface area contributed by atoms with Gasteiger partial charge in [-0.1, -0.05) is 48.9 Å². The number of carboxylic acids is 1. The monoisotopic (exact) mass is 532 g/mol. The van der Waals surface area contributed by atoms with Crippen molar-refractivity contribution < 1.29 is 19.5 Å². The number of aromatic amines is 1. The lowest BCUT2D eigenvalue weighted by Gasteiger charge is -2.43. The summed E-state index contributed by atoms with van der Waals surface area (Å²) in [7, 11) is 0. The normalized spacial score (nSPS) is 33.7. The molecule has 2 aliphatic heterocycles. The van der Waals surface area contributed by atoms with E-state index in [4.69, 9.17) is 11.6 Å². The summed E-state index contributed by atoms with van der Waals surface area (Å²) in [4.78, 5) is 56.6. The standard InChI is InChI=1S/C25H25ClN2O5S2/c1-9(2)7-14(24(31)32)28-22(29)17-12-8-13(18(17)23(28)30)19-16(12)15(10-3-5-11(26)6-4-10)20-21(34-19)27-25(33)35-20/h3-6,9,12-19H,7-8H2,1-2H3,(H,27,33)(H,31,32)/t12-,13-,14-,15+,16-,17+,18-,19+/m1/s1. The van der Waals surface area contributed by atoms with Gasteiger partial charge in [-0.15, -0.1) is 11.8 Å². The average Bonchev–Trinajstić information content (AvgIpc) is 3.52. The number of hydrogen-bond acceptors (Lipinski definition) is 6. The minimum Gasteiger partial charge on any atom is -0.480 e. The maximum absolute atomic E-state index is 13.7. The number of carbonyl (C=O) groups excluding carboxylic acids is 2. The summed E-state index contributed by atoms with van der Waals surface area (Å²) in [5, 5.41) is 11.4. The molecule has 3 heterocycles. The molecule has 2 N–H and O–H groups in total. The zero-order valence-corrected chi connectivity index (χ0v) is 21.5. The Balaban J connectivity index is 1.42. The summed E-state index contributed by atoms with van der Waals surface area (Å²) >= 11 is 8.98. The number of likely N-dealkylation sites (tertiary alicyclic amines) is 1. The molecule has 0 radical (unpaired) electrons. The predicted octanol–water partition coefficient (Wildman–Crippen LogP) is 4.06. The molecule has 2 amide bonds. The van der Waals surface area contributed by atoms with Gasteiger partial charge in [0.05, 0.1) is 16.9 Å². The molecule has 2 aromatic rings. The quantitative estimate of drug-likeness (QED) is 0.562. The number of nitrogens with zero attached hydrogens (tertiary/aromatic N) is 1. The lowest BCUT2D eigenvalue weighted by atomic mass is 9.68. The number of aliphatic carboxylic acids is 1. The van der Waals surface area contributed by atoms with Gasteiger partial charge < -0.3 is 10.1 Å². The number of H-pyrrole nitrogens is 1. The number of rotatable bonds is 5. The third-order valence-corrected chi connectivity index (χ3v) is 11.1. The molecule has 0 spiro atoms. The van der Waals surface area contributed by atoms with Crippen LogP contribution in [0.1, 0.15) is 43.0 Å². The van der Waals surface area contributed by atoms with Crippen LogP contribution in [0.3, 0.4) is 0 Å². The molecule has 1 saturated heterocycles. The number of carboxylic acid groups (broad SMARTS) is 1. The van der Waals surface area contributed by atoms with E-state index < -0.39 is 23.8 Å². The number of thiazole rings is 1. The molecular formula is C25H25ClN2O5S2. The lowest BCUT2D eigenvalue weighted by Crippen LogP contribution is -2.47. The van der Waals surface area contributed by atoms with Gasteiger partial charge in [0.15, 0.2) is 0 Å². The first-order valence-electron chi connectivity index (χ1n) is 11.9. The summed E-state index contributed by atoms with van der Waals surface area (Å²) in [5.74, 6) is -2.77. The lowest BCUT2D eigenvalue weighted by molar-refractivity contribution is -0.156. The van der Waals surface area contributed by atoms with Crippen molar-refractivity contribution in [2.45, 2.75) is 48.9 Å². The fourth-order valence-corrected chi connectivity index (χ4v) is 10.2. The summed E-state index contributed by atoms with van der Waals surface area (Å²) in [6.07, 6.45) is 1.02. The van der Waals surface area contributed by atoms with E-state index in [9.17, 15) is 24.3 Å². The van der Waals surface area contributed by atoms with Gasteiger partial charge in [0.2, 0.25) is 11.8 Å². The van der Waals surface area contributed by atoms with Gasteiger partial charge in [-0.05, 0) is 54.2 Å². The maximum Gasteiger partial charge on any atom is 0.326 e. The van der Waals surface area contributed by atoms with Crippen molar-refractivity contribution in [3.63, 3.8) is 0 Å². The number of amides is 2. The van der Waals surface area contributed by atoms with Crippen LogP contribution >= 0.6 is 34.7 Å². The fraction of sp³-hybridized carbons (Fsp3) is 0.520. The number of imide groups is 1. The third-order valence-electron chi connectivity index (χ3n) is 8.28. The van der Waals surface area contributed by atoms with Crippen LogP contribution in [0.25, 0.3) is 0 Å². The Bertz CT molecular complexity index is 1290. The Morgan fingerprint density at radius 1 is 1.14 bits per heavy atom. The highest BCUT2D eigenvalue weighted by Gasteiger charge is 2.70. The minimum atomic E-state index is -1.13. The van der Waals surface area contributed by atoms with Crippen molar-refractivity contribution in [3.05, 3.63) is 49.4 Å². The number of halogens is 1. The first-order chi connectivity index (χ1) is 16.7. The summed E-state index contributed by atoms with van der Waals surface area (Å²) in [5.41, 5.74) is 1.04. The predicted molar refractivity (Wildman–Crippen MR) is 133 cm³/mol. The molecule has 2 aliphatic carbocycles. The Morgan fingerprint density at radius 2 is 1.80 bits per heavy atom. The van der Waals surface area contributed by atoms with Crippen molar-refractivity contribution in [1.82, 2.24) is 9.88 Å². The molecule has 6 rings (SSSR count). The van der Waals surface area contributed by atoms with E-state index >= 15 is 0 Å². The van der Waals surface area contributed by atoms with E-state index in [1.807, 2.05) is 38.1 Å². The SMILES string of the molecule is CC(C)C[C@H](C(=O)O)N1C(=O)[C@@H]2[C@H]3C[C@@H]([C@@H]2C1=O)[C@@H]1[C@H](c2ccc(Cl)cc2)c2sc(=O)[nH]c2S[C@@H]31. The zero-order valence-electron chi connectivity index (χ0n) is 19.1. The second-order valence-electron chi connectivity index (χ2n) is 10.5. The van der Waals surface area contributed by atoms with Gasteiger partial charge in [0.1, 0.15) is 6.04 Å². The average molecular weight is 533 g/mol. The molecule has 2 bridgehead atoms. The number of benzene rings is 1. The molecule has 35 heavy (non-hydrogen) atoms. The van der Waals surface area contributed by atoms with Gasteiger partial charge in [-0.2, -0.15) is 0 Å². The highest BCUT2D eigenvalue weighted by Crippen LogP contribution is 2.68. The molecule has 184 valence electrons.